The Morgan fingerprint density at radius 3 is 1.56 bits per heavy atom. The number of phenols is 1. The molecular formula is C67H63N3O. The van der Waals surface area contributed by atoms with Gasteiger partial charge in [0.05, 0.1) is 28.0 Å². The van der Waals surface area contributed by atoms with E-state index in [9.17, 15) is 5.11 Å². The van der Waals surface area contributed by atoms with E-state index in [0.717, 1.165) is 83.6 Å². The number of para-hydroxylation sites is 1. The van der Waals surface area contributed by atoms with Gasteiger partial charge in [0.15, 0.2) is 0 Å². The van der Waals surface area contributed by atoms with Gasteiger partial charge in [0.2, 0.25) is 0 Å². The number of aryl methyl sites for hydroxylation is 1. The van der Waals surface area contributed by atoms with E-state index in [1.807, 2.05) is 6.20 Å². The Labute approximate surface area is 420 Å². The molecule has 0 atom stereocenters. The number of fused-ring (bicyclic) bond motifs is 1. The number of hydrogen-bond acceptors (Lipinski definition) is 3. The Hall–Kier alpha value is -7.82. The number of nitrogens with zero attached hydrogens (tertiary/aromatic N) is 3. The van der Waals surface area contributed by atoms with Gasteiger partial charge in [-0.2, -0.15) is 0 Å². The maximum atomic E-state index is 12.7. The smallest absolute Gasteiger partial charge is 0.149 e. The molecule has 71 heavy (non-hydrogen) atoms. The van der Waals surface area contributed by atoms with E-state index in [0.29, 0.717) is 11.4 Å². The van der Waals surface area contributed by atoms with Crippen molar-refractivity contribution in [2.75, 3.05) is 0 Å². The highest BCUT2D eigenvalue weighted by molar-refractivity contribution is 5.98. The Kier molecular flexibility index (Phi) is 12.0. The third kappa shape index (κ3) is 9.23. The molecule has 0 saturated heterocycles. The first kappa shape index (κ1) is 46.9. The molecule has 0 saturated carbocycles. The summed E-state index contributed by atoms with van der Waals surface area (Å²) in [7, 11) is 0. The average Bonchev–Trinajstić information content (AvgIpc) is 3.75. The molecule has 352 valence electrons. The third-order valence-electron chi connectivity index (χ3n) is 14.0. The summed E-state index contributed by atoms with van der Waals surface area (Å²) < 4.78 is 2.31. The summed E-state index contributed by atoms with van der Waals surface area (Å²) in [6.07, 6.45) is 1.92. The molecule has 0 spiro atoms. The number of imidazole rings is 1. The van der Waals surface area contributed by atoms with Gasteiger partial charge in [-0.25, -0.2) is 4.98 Å². The van der Waals surface area contributed by atoms with E-state index in [4.69, 9.17) is 9.97 Å². The molecule has 0 bridgehead atoms. The van der Waals surface area contributed by atoms with Crippen LogP contribution in [-0.4, -0.2) is 19.6 Å². The van der Waals surface area contributed by atoms with Gasteiger partial charge >= 0.3 is 0 Å². The quantitative estimate of drug-likeness (QED) is 0.165. The molecule has 8 aromatic carbocycles. The highest BCUT2D eigenvalue weighted by atomic mass is 16.3. The summed E-state index contributed by atoms with van der Waals surface area (Å²) in [5.41, 5.74) is 20.2. The van der Waals surface area contributed by atoms with E-state index in [1.165, 1.54) is 22.3 Å². The number of phenolic OH excluding ortho intramolecular Hbond substituents is 1. The lowest BCUT2D eigenvalue weighted by Gasteiger charge is -2.28. The number of hydrogen-bond donors (Lipinski definition) is 1. The van der Waals surface area contributed by atoms with Crippen molar-refractivity contribution in [3.05, 3.63) is 217 Å². The van der Waals surface area contributed by atoms with Gasteiger partial charge in [-0.1, -0.05) is 202 Å². The van der Waals surface area contributed by atoms with Crippen LogP contribution in [0.2, 0.25) is 0 Å². The average molecular weight is 926 g/mol. The second kappa shape index (κ2) is 18.2. The van der Waals surface area contributed by atoms with Gasteiger partial charge in [-0.3, -0.25) is 9.55 Å². The van der Waals surface area contributed by atoms with Crippen LogP contribution in [0.25, 0.3) is 95.0 Å². The van der Waals surface area contributed by atoms with E-state index in [1.54, 1.807) is 0 Å². The number of aromatic nitrogens is 3. The molecule has 0 aliphatic rings. The van der Waals surface area contributed by atoms with Gasteiger partial charge in [0, 0.05) is 28.5 Å². The molecule has 0 aliphatic carbocycles. The fourth-order valence-electron chi connectivity index (χ4n) is 9.84. The molecular weight excluding hydrogens is 863 g/mol. The minimum Gasteiger partial charge on any atom is -0.507 e. The van der Waals surface area contributed by atoms with E-state index < -0.39 is 0 Å². The van der Waals surface area contributed by atoms with Gasteiger partial charge in [-0.05, 0) is 133 Å². The molecule has 0 aliphatic heterocycles. The first-order valence-electron chi connectivity index (χ1n) is 24.9. The summed E-state index contributed by atoms with van der Waals surface area (Å²) >= 11 is 0. The predicted molar refractivity (Wildman–Crippen MR) is 299 cm³/mol. The van der Waals surface area contributed by atoms with Gasteiger partial charge in [-0.15, -0.1) is 0 Å². The number of pyridine rings is 1. The van der Waals surface area contributed by atoms with Crippen LogP contribution in [0.1, 0.15) is 84.6 Å². The van der Waals surface area contributed by atoms with Crippen molar-refractivity contribution in [1.82, 2.24) is 14.5 Å². The minimum atomic E-state index is -0.345. The molecule has 10 rings (SSSR count). The van der Waals surface area contributed by atoms with Crippen molar-refractivity contribution in [3.8, 4) is 89.7 Å². The molecule has 2 aromatic heterocycles. The second-order valence-corrected chi connectivity index (χ2v) is 22.2. The fourth-order valence-corrected chi connectivity index (χ4v) is 9.84. The molecule has 10 aromatic rings. The zero-order chi connectivity index (χ0) is 49.8. The standard InChI is InChI=1S/C67H63N3O/c1-43-35-56(48-25-18-13-19-26-48)61(42-55(43)47-23-16-12-17-24-47)70-60-28-20-27-54(62(60)69-64(70)57-40-53(66(5,6)7)41-58(63(57)71)67(8,9)10)50-36-51(38-52(37-50)65(2,3)4)59-39-49(33-34-68-59)46-31-29-45(30-32-46)44-21-14-11-15-22-44/h11-42,71H,1-10H3. The maximum absolute atomic E-state index is 12.7. The highest BCUT2D eigenvalue weighted by Crippen LogP contribution is 2.47. The molecule has 4 heteroatoms. The van der Waals surface area contributed by atoms with Gasteiger partial charge < -0.3 is 5.11 Å². The van der Waals surface area contributed by atoms with Crippen LogP contribution in [0.3, 0.4) is 0 Å². The van der Waals surface area contributed by atoms with Crippen molar-refractivity contribution >= 4 is 11.0 Å². The first-order valence-corrected chi connectivity index (χ1v) is 24.9. The van der Waals surface area contributed by atoms with Crippen molar-refractivity contribution in [2.45, 2.75) is 85.5 Å². The maximum Gasteiger partial charge on any atom is 0.149 e. The van der Waals surface area contributed by atoms with Gasteiger partial charge in [0.25, 0.3) is 0 Å². The SMILES string of the molecule is Cc1cc(-c2ccccc2)c(-n2c(-c3cc(C(C)(C)C)cc(C(C)(C)C)c3O)nc3c(-c4cc(-c5cc(-c6ccc(-c7ccccc7)cc6)ccn5)cc(C(C)(C)C)c4)cccc32)cc1-c1ccccc1. The largest absolute Gasteiger partial charge is 0.507 e. The molecule has 0 radical (unpaired) electrons. The molecule has 0 unspecified atom stereocenters. The lowest BCUT2D eigenvalue weighted by molar-refractivity contribution is 0.446. The minimum absolute atomic E-state index is 0.170. The number of benzene rings is 8. The first-order chi connectivity index (χ1) is 33.9. The summed E-state index contributed by atoms with van der Waals surface area (Å²) in [6, 6.07) is 67.3. The van der Waals surface area contributed by atoms with Crippen LogP contribution in [0.15, 0.2) is 194 Å². The van der Waals surface area contributed by atoms with Crippen LogP contribution in [0.5, 0.6) is 5.75 Å². The third-order valence-corrected chi connectivity index (χ3v) is 14.0. The number of rotatable bonds is 8. The van der Waals surface area contributed by atoms with Crippen molar-refractivity contribution < 1.29 is 5.11 Å². The Balaban J connectivity index is 1.24. The Morgan fingerprint density at radius 1 is 0.408 bits per heavy atom. The highest BCUT2D eigenvalue weighted by Gasteiger charge is 2.30. The normalized spacial score (nSPS) is 12.1. The fraction of sp³-hybridized carbons (Fsp3) is 0.194. The Morgan fingerprint density at radius 2 is 0.958 bits per heavy atom. The van der Waals surface area contributed by atoms with Crippen molar-refractivity contribution in [3.63, 3.8) is 0 Å². The molecule has 4 nitrogen and oxygen atoms in total. The number of aromatic hydroxyl groups is 1. The van der Waals surface area contributed by atoms with Crippen molar-refractivity contribution in [2.24, 2.45) is 0 Å². The lowest BCUT2D eigenvalue weighted by Crippen LogP contribution is -2.17. The topological polar surface area (TPSA) is 50.9 Å². The van der Waals surface area contributed by atoms with Crippen LogP contribution in [-0.2, 0) is 16.2 Å². The molecule has 0 amide bonds. The molecule has 2 heterocycles. The zero-order valence-corrected chi connectivity index (χ0v) is 42.8. The molecule has 1 N–H and O–H groups in total. The van der Waals surface area contributed by atoms with Gasteiger partial charge in [0.1, 0.15) is 11.6 Å². The van der Waals surface area contributed by atoms with E-state index >= 15 is 0 Å². The Bertz CT molecular complexity index is 3570. The molecule has 0 fully saturated rings. The lowest BCUT2D eigenvalue weighted by atomic mass is 9.79. The summed E-state index contributed by atoms with van der Waals surface area (Å²) in [4.78, 5) is 10.8. The van der Waals surface area contributed by atoms with E-state index in [-0.39, 0.29) is 22.0 Å². The predicted octanol–water partition coefficient (Wildman–Crippen LogP) is 18.0. The van der Waals surface area contributed by atoms with Crippen molar-refractivity contribution in [1.29, 1.82) is 0 Å². The monoisotopic (exact) mass is 925 g/mol. The van der Waals surface area contributed by atoms with Crippen LogP contribution in [0.4, 0.5) is 0 Å². The van der Waals surface area contributed by atoms with Crippen LogP contribution in [0, 0.1) is 6.92 Å². The summed E-state index contributed by atoms with van der Waals surface area (Å²) in [6.45, 7) is 22.2. The summed E-state index contributed by atoms with van der Waals surface area (Å²) in [5.74, 6) is 0.930. The van der Waals surface area contributed by atoms with E-state index in [2.05, 4.69) is 262 Å². The van der Waals surface area contributed by atoms with Crippen LogP contribution >= 0.6 is 0 Å². The summed E-state index contributed by atoms with van der Waals surface area (Å²) in [5, 5.41) is 12.7. The second-order valence-electron chi connectivity index (χ2n) is 22.2. The van der Waals surface area contributed by atoms with Crippen LogP contribution < -0.4 is 0 Å². The zero-order valence-electron chi connectivity index (χ0n) is 42.8.